The lowest BCUT2D eigenvalue weighted by Gasteiger charge is -2.18. The van der Waals surface area contributed by atoms with Gasteiger partial charge in [-0.05, 0) is 90.0 Å². The van der Waals surface area contributed by atoms with Crippen molar-refractivity contribution in [3.63, 3.8) is 0 Å². The van der Waals surface area contributed by atoms with Crippen LogP contribution in [0.5, 0.6) is 0 Å². The molecule has 0 aliphatic heterocycles. The van der Waals surface area contributed by atoms with Crippen molar-refractivity contribution in [2.75, 3.05) is 0 Å². The first-order valence-corrected chi connectivity index (χ1v) is 18.6. The molecular formula is C50H30OS. The standard InChI is InChI=1S/C50H30OS/c1-3-15-32(16-4-1)47-42-29-44-41(30-45(42)52-50(47)33-17-5-2-6-18-33)49-40(24-13-25-43(49)51-44)48-38-22-11-9-20-36(38)46(37-21-10-12-23-39(37)48)35-27-26-31-14-7-8-19-34(31)28-35/h1-30H. The average Bonchev–Trinajstić information content (AvgIpc) is 3.77. The molecule has 0 amide bonds. The predicted molar refractivity (Wildman–Crippen MR) is 223 cm³/mol. The maximum atomic E-state index is 6.79. The Bertz CT molecular complexity index is 3110. The molecule has 11 rings (SSSR count). The zero-order chi connectivity index (χ0) is 34.2. The highest BCUT2D eigenvalue weighted by Gasteiger charge is 2.22. The number of furan rings is 1. The monoisotopic (exact) mass is 678 g/mol. The third kappa shape index (κ3) is 4.41. The second-order valence-electron chi connectivity index (χ2n) is 13.6. The molecule has 0 fully saturated rings. The van der Waals surface area contributed by atoms with Gasteiger partial charge in [-0.2, -0.15) is 0 Å². The Morgan fingerprint density at radius 2 is 0.962 bits per heavy atom. The Labute approximate surface area is 304 Å². The minimum atomic E-state index is 0.904. The van der Waals surface area contributed by atoms with Crippen LogP contribution in [0.25, 0.3) is 108 Å². The van der Waals surface area contributed by atoms with E-state index >= 15 is 0 Å². The molecule has 9 aromatic carbocycles. The second kappa shape index (κ2) is 11.5. The van der Waals surface area contributed by atoms with Gasteiger partial charge in [0.15, 0.2) is 0 Å². The number of rotatable bonds is 4. The summed E-state index contributed by atoms with van der Waals surface area (Å²) in [5.74, 6) is 0. The summed E-state index contributed by atoms with van der Waals surface area (Å²) in [6.45, 7) is 0. The topological polar surface area (TPSA) is 13.1 Å². The molecule has 242 valence electrons. The predicted octanol–water partition coefficient (Wildman–Crippen LogP) is 14.9. The van der Waals surface area contributed by atoms with E-state index in [0.29, 0.717) is 0 Å². The molecule has 0 aliphatic carbocycles. The van der Waals surface area contributed by atoms with Crippen molar-refractivity contribution >= 4 is 75.7 Å². The van der Waals surface area contributed by atoms with E-state index in [0.717, 1.165) is 21.9 Å². The number of thiophene rings is 1. The number of benzene rings is 9. The van der Waals surface area contributed by atoms with Crippen LogP contribution in [0.1, 0.15) is 0 Å². The first kappa shape index (κ1) is 29.3. The van der Waals surface area contributed by atoms with Crippen molar-refractivity contribution in [2.45, 2.75) is 0 Å². The number of hydrogen-bond donors (Lipinski definition) is 0. The third-order valence-corrected chi connectivity index (χ3v) is 11.8. The Morgan fingerprint density at radius 1 is 0.346 bits per heavy atom. The van der Waals surface area contributed by atoms with Crippen molar-refractivity contribution < 1.29 is 4.42 Å². The summed E-state index contributed by atoms with van der Waals surface area (Å²) < 4.78 is 8.05. The Morgan fingerprint density at radius 3 is 1.67 bits per heavy atom. The molecule has 52 heavy (non-hydrogen) atoms. The highest BCUT2D eigenvalue weighted by molar-refractivity contribution is 7.23. The summed E-state index contributed by atoms with van der Waals surface area (Å²) in [4.78, 5) is 1.28. The molecule has 0 saturated carbocycles. The number of hydrogen-bond acceptors (Lipinski definition) is 2. The fourth-order valence-corrected chi connectivity index (χ4v) is 9.63. The van der Waals surface area contributed by atoms with E-state index in [9.17, 15) is 0 Å². The van der Waals surface area contributed by atoms with Crippen LogP contribution in [-0.4, -0.2) is 0 Å². The van der Waals surface area contributed by atoms with E-state index in [-0.39, 0.29) is 0 Å². The average molecular weight is 679 g/mol. The van der Waals surface area contributed by atoms with Gasteiger partial charge >= 0.3 is 0 Å². The number of fused-ring (bicyclic) bond motifs is 7. The van der Waals surface area contributed by atoms with Crippen molar-refractivity contribution in [3.05, 3.63) is 182 Å². The first-order valence-electron chi connectivity index (χ1n) is 17.8. The van der Waals surface area contributed by atoms with Gasteiger partial charge in [0, 0.05) is 31.3 Å². The Balaban J connectivity index is 1.21. The quantitative estimate of drug-likeness (QED) is 0.169. The van der Waals surface area contributed by atoms with Gasteiger partial charge < -0.3 is 4.42 Å². The minimum Gasteiger partial charge on any atom is -0.456 e. The maximum Gasteiger partial charge on any atom is 0.136 e. The molecule has 0 atom stereocenters. The smallest absolute Gasteiger partial charge is 0.136 e. The van der Waals surface area contributed by atoms with Crippen LogP contribution in [0.3, 0.4) is 0 Å². The van der Waals surface area contributed by atoms with Crippen LogP contribution in [0.4, 0.5) is 0 Å². The van der Waals surface area contributed by atoms with Gasteiger partial charge in [0.2, 0.25) is 0 Å². The van der Waals surface area contributed by atoms with Crippen LogP contribution in [0.2, 0.25) is 0 Å². The first-order chi connectivity index (χ1) is 25.8. The zero-order valence-electron chi connectivity index (χ0n) is 28.1. The van der Waals surface area contributed by atoms with Crippen LogP contribution in [0.15, 0.2) is 186 Å². The molecule has 1 nitrogen and oxygen atoms in total. The van der Waals surface area contributed by atoms with Gasteiger partial charge in [0.05, 0.1) is 0 Å². The van der Waals surface area contributed by atoms with E-state index in [2.05, 4.69) is 182 Å². The molecule has 0 radical (unpaired) electrons. The largest absolute Gasteiger partial charge is 0.456 e. The second-order valence-corrected chi connectivity index (χ2v) is 14.6. The third-order valence-electron chi connectivity index (χ3n) is 10.6. The summed E-state index contributed by atoms with van der Waals surface area (Å²) in [6, 6.07) is 66.0. The highest BCUT2D eigenvalue weighted by atomic mass is 32.1. The molecule has 0 spiro atoms. The van der Waals surface area contributed by atoms with E-state index in [1.807, 2.05) is 11.3 Å². The lowest BCUT2D eigenvalue weighted by Crippen LogP contribution is -1.91. The highest BCUT2D eigenvalue weighted by Crippen LogP contribution is 2.50. The SMILES string of the molecule is c1ccc(-c2sc3cc4c(cc3c2-c2ccccc2)oc2cccc(-c3c5ccccc5c(-c5ccc6ccccc6c5)c5ccccc35)c24)cc1. The molecule has 2 heterocycles. The maximum absolute atomic E-state index is 6.79. The molecule has 0 unspecified atom stereocenters. The van der Waals surface area contributed by atoms with Gasteiger partial charge in [-0.15, -0.1) is 11.3 Å². The molecule has 2 heteroatoms. The fraction of sp³-hybridized carbons (Fsp3) is 0. The van der Waals surface area contributed by atoms with Crippen LogP contribution in [-0.2, 0) is 0 Å². The van der Waals surface area contributed by atoms with E-state index in [4.69, 9.17) is 4.42 Å². The van der Waals surface area contributed by atoms with Crippen LogP contribution >= 0.6 is 11.3 Å². The van der Waals surface area contributed by atoms with Crippen LogP contribution in [0, 0.1) is 0 Å². The molecular weight excluding hydrogens is 649 g/mol. The minimum absolute atomic E-state index is 0.904. The van der Waals surface area contributed by atoms with Gasteiger partial charge in [0.25, 0.3) is 0 Å². The van der Waals surface area contributed by atoms with Crippen molar-refractivity contribution in [1.82, 2.24) is 0 Å². The zero-order valence-corrected chi connectivity index (χ0v) is 29.0. The van der Waals surface area contributed by atoms with Gasteiger partial charge in [0.1, 0.15) is 11.2 Å². The molecule has 0 N–H and O–H groups in total. The molecule has 11 aromatic rings. The van der Waals surface area contributed by atoms with Crippen molar-refractivity contribution in [1.29, 1.82) is 0 Å². The molecule has 0 aliphatic rings. The molecule has 0 saturated heterocycles. The summed E-state index contributed by atoms with van der Waals surface area (Å²) >= 11 is 1.86. The van der Waals surface area contributed by atoms with Crippen molar-refractivity contribution in [2.24, 2.45) is 0 Å². The van der Waals surface area contributed by atoms with E-state index in [1.54, 1.807) is 0 Å². The Kier molecular flexibility index (Phi) is 6.49. The van der Waals surface area contributed by atoms with Crippen LogP contribution < -0.4 is 0 Å². The van der Waals surface area contributed by atoms with E-state index in [1.165, 1.54) is 86.2 Å². The summed E-state index contributed by atoms with van der Waals surface area (Å²) in [6.07, 6.45) is 0. The lowest BCUT2D eigenvalue weighted by atomic mass is 9.84. The lowest BCUT2D eigenvalue weighted by molar-refractivity contribution is 0.669. The fourth-order valence-electron chi connectivity index (χ4n) is 8.38. The van der Waals surface area contributed by atoms with Gasteiger partial charge in [-0.1, -0.05) is 158 Å². The van der Waals surface area contributed by atoms with E-state index < -0.39 is 0 Å². The van der Waals surface area contributed by atoms with Gasteiger partial charge in [-0.25, -0.2) is 0 Å². The molecule has 2 aromatic heterocycles. The van der Waals surface area contributed by atoms with Crippen molar-refractivity contribution in [3.8, 4) is 43.8 Å². The van der Waals surface area contributed by atoms with Gasteiger partial charge in [-0.3, -0.25) is 0 Å². The summed E-state index contributed by atoms with van der Waals surface area (Å²) in [5.41, 5.74) is 10.5. The Hall–Kier alpha value is -6.48. The molecule has 0 bridgehead atoms. The normalized spacial score (nSPS) is 11.8. The summed E-state index contributed by atoms with van der Waals surface area (Å²) in [5, 5.41) is 11.0. The summed E-state index contributed by atoms with van der Waals surface area (Å²) in [7, 11) is 0.